The fraction of sp³-hybridized carbons (Fsp3) is 0.667. The quantitative estimate of drug-likeness (QED) is 0.857. The van der Waals surface area contributed by atoms with Crippen LogP contribution in [0.3, 0.4) is 0 Å². The number of pyridine rings is 1. The molecule has 4 heteroatoms. The van der Waals surface area contributed by atoms with Crippen LogP contribution in [0.25, 0.3) is 0 Å². The average Bonchev–Trinajstić information content (AvgIpc) is 2.41. The first-order valence-electron chi connectivity index (χ1n) is 7.25. The number of nitrogens with zero attached hydrogens (tertiary/aromatic N) is 1. The molecular formula is C15H25N3O. The third-order valence-corrected chi connectivity index (χ3v) is 3.72. The van der Waals surface area contributed by atoms with Crippen LogP contribution in [0.4, 0.5) is 5.82 Å². The van der Waals surface area contributed by atoms with Crippen molar-refractivity contribution in [3.63, 3.8) is 0 Å². The summed E-state index contributed by atoms with van der Waals surface area (Å²) < 4.78 is 5.81. The minimum Gasteiger partial charge on any atom is -0.487 e. The Kier molecular flexibility index (Phi) is 4.64. The molecule has 106 valence electrons. The van der Waals surface area contributed by atoms with Gasteiger partial charge in [0, 0.05) is 12.7 Å². The molecule has 0 unspecified atom stereocenters. The Bertz CT molecular complexity index is 400. The summed E-state index contributed by atoms with van der Waals surface area (Å²) in [6.07, 6.45) is 7.94. The van der Waals surface area contributed by atoms with Gasteiger partial charge in [-0.1, -0.05) is 19.3 Å². The first kappa shape index (κ1) is 14.1. The highest BCUT2D eigenvalue weighted by Gasteiger charge is 2.31. The van der Waals surface area contributed by atoms with E-state index in [0.717, 1.165) is 24.4 Å². The van der Waals surface area contributed by atoms with E-state index in [1.807, 2.05) is 26.0 Å². The van der Waals surface area contributed by atoms with Gasteiger partial charge in [0.05, 0.1) is 11.6 Å². The largest absolute Gasteiger partial charge is 0.487 e. The van der Waals surface area contributed by atoms with Gasteiger partial charge in [0.2, 0.25) is 0 Å². The molecule has 0 aromatic carbocycles. The van der Waals surface area contributed by atoms with Gasteiger partial charge in [0.25, 0.3) is 0 Å². The van der Waals surface area contributed by atoms with Crippen molar-refractivity contribution in [2.24, 2.45) is 5.73 Å². The van der Waals surface area contributed by atoms with Gasteiger partial charge in [0.15, 0.2) is 11.6 Å². The van der Waals surface area contributed by atoms with Crippen molar-refractivity contribution in [2.75, 3.05) is 11.9 Å². The number of rotatable bonds is 5. The molecule has 3 N–H and O–H groups in total. The van der Waals surface area contributed by atoms with E-state index in [4.69, 9.17) is 10.5 Å². The zero-order chi connectivity index (χ0) is 13.7. The van der Waals surface area contributed by atoms with Crippen molar-refractivity contribution in [3.05, 3.63) is 18.3 Å². The molecule has 1 aromatic rings. The highest BCUT2D eigenvalue weighted by molar-refractivity contribution is 5.51. The normalized spacial score (nSPS) is 18.3. The van der Waals surface area contributed by atoms with Crippen LogP contribution in [0, 0.1) is 0 Å². The second kappa shape index (κ2) is 6.24. The Morgan fingerprint density at radius 1 is 1.37 bits per heavy atom. The maximum atomic E-state index is 6.01. The molecule has 0 atom stereocenters. The standard InChI is InChI=1S/C15H25N3O/c1-12(2)19-13-7-6-10-17-14(13)18-15(11-16)8-4-3-5-9-15/h6-7,10,12H,3-5,8-9,11,16H2,1-2H3,(H,17,18). The molecule has 19 heavy (non-hydrogen) atoms. The Labute approximate surface area is 115 Å². The molecule has 0 bridgehead atoms. The first-order valence-corrected chi connectivity index (χ1v) is 7.25. The van der Waals surface area contributed by atoms with Gasteiger partial charge in [-0.05, 0) is 38.8 Å². The van der Waals surface area contributed by atoms with E-state index >= 15 is 0 Å². The van der Waals surface area contributed by atoms with E-state index in [2.05, 4.69) is 10.3 Å². The molecule has 1 aliphatic carbocycles. The predicted octanol–water partition coefficient (Wildman–Crippen LogP) is 2.94. The second-order valence-electron chi connectivity index (χ2n) is 5.69. The molecule has 1 aliphatic rings. The van der Waals surface area contributed by atoms with Crippen molar-refractivity contribution in [1.29, 1.82) is 0 Å². The summed E-state index contributed by atoms with van der Waals surface area (Å²) in [6, 6.07) is 3.86. The van der Waals surface area contributed by atoms with Gasteiger partial charge in [0.1, 0.15) is 0 Å². The van der Waals surface area contributed by atoms with Gasteiger partial charge < -0.3 is 15.8 Å². The Morgan fingerprint density at radius 2 is 2.11 bits per heavy atom. The lowest BCUT2D eigenvalue weighted by atomic mass is 9.81. The Morgan fingerprint density at radius 3 is 2.74 bits per heavy atom. The van der Waals surface area contributed by atoms with Gasteiger partial charge in [-0.3, -0.25) is 0 Å². The smallest absolute Gasteiger partial charge is 0.169 e. The van der Waals surface area contributed by atoms with Crippen LogP contribution in [0.15, 0.2) is 18.3 Å². The minimum absolute atomic E-state index is 0.0122. The molecule has 1 saturated carbocycles. The summed E-state index contributed by atoms with van der Waals surface area (Å²) >= 11 is 0. The fourth-order valence-electron chi connectivity index (χ4n) is 2.69. The molecule has 0 saturated heterocycles. The number of anilines is 1. The van der Waals surface area contributed by atoms with Crippen molar-refractivity contribution in [1.82, 2.24) is 4.98 Å². The van der Waals surface area contributed by atoms with E-state index in [1.54, 1.807) is 6.20 Å². The highest BCUT2D eigenvalue weighted by Crippen LogP contribution is 2.33. The zero-order valence-electron chi connectivity index (χ0n) is 12.0. The van der Waals surface area contributed by atoms with E-state index in [9.17, 15) is 0 Å². The molecule has 1 fully saturated rings. The lowest BCUT2D eigenvalue weighted by molar-refractivity contribution is 0.241. The van der Waals surface area contributed by atoms with Crippen molar-refractivity contribution < 1.29 is 4.74 Å². The van der Waals surface area contributed by atoms with E-state index in [0.29, 0.717) is 6.54 Å². The van der Waals surface area contributed by atoms with Gasteiger partial charge in [-0.2, -0.15) is 0 Å². The van der Waals surface area contributed by atoms with Crippen LogP contribution in [0.2, 0.25) is 0 Å². The molecule has 1 aromatic heterocycles. The van der Waals surface area contributed by atoms with Crippen molar-refractivity contribution >= 4 is 5.82 Å². The van der Waals surface area contributed by atoms with E-state index in [1.165, 1.54) is 19.3 Å². The molecule has 1 heterocycles. The van der Waals surface area contributed by atoms with Crippen LogP contribution in [0.5, 0.6) is 5.75 Å². The Hall–Kier alpha value is -1.29. The first-order chi connectivity index (χ1) is 9.15. The topological polar surface area (TPSA) is 60.2 Å². The monoisotopic (exact) mass is 263 g/mol. The number of hydrogen-bond acceptors (Lipinski definition) is 4. The predicted molar refractivity (Wildman–Crippen MR) is 78.5 cm³/mol. The average molecular weight is 263 g/mol. The molecule has 0 spiro atoms. The number of hydrogen-bond donors (Lipinski definition) is 2. The third kappa shape index (κ3) is 3.60. The fourth-order valence-corrected chi connectivity index (χ4v) is 2.69. The molecule has 0 amide bonds. The molecule has 0 radical (unpaired) electrons. The SMILES string of the molecule is CC(C)Oc1cccnc1NC1(CN)CCCCC1. The Balaban J connectivity index is 2.16. The number of aromatic nitrogens is 1. The maximum absolute atomic E-state index is 6.01. The summed E-state index contributed by atoms with van der Waals surface area (Å²) in [5, 5.41) is 3.56. The zero-order valence-corrected chi connectivity index (χ0v) is 12.0. The molecular weight excluding hydrogens is 238 g/mol. The summed E-state index contributed by atoms with van der Waals surface area (Å²) in [4.78, 5) is 4.43. The molecule has 4 nitrogen and oxygen atoms in total. The third-order valence-electron chi connectivity index (χ3n) is 3.72. The summed E-state index contributed by atoms with van der Waals surface area (Å²) in [5.74, 6) is 1.64. The van der Waals surface area contributed by atoms with Crippen LogP contribution in [0.1, 0.15) is 46.0 Å². The summed E-state index contributed by atoms with van der Waals surface area (Å²) in [6.45, 7) is 4.69. The lowest BCUT2D eigenvalue weighted by Gasteiger charge is -2.38. The molecule has 0 aliphatic heterocycles. The minimum atomic E-state index is -0.0122. The van der Waals surface area contributed by atoms with Crippen LogP contribution in [-0.2, 0) is 0 Å². The number of nitrogens with two attached hydrogens (primary N) is 1. The van der Waals surface area contributed by atoms with Gasteiger partial charge in [-0.25, -0.2) is 4.98 Å². The van der Waals surface area contributed by atoms with E-state index < -0.39 is 0 Å². The van der Waals surface area contributed by atoms with Gasteiger partial charge in [-0.15, -0.1) is 0 Å². The number of ether oxygens (including phenoxy) is 1. The molecule has 2 rings (SSSR count). The maximum Gasteiger partial charge on any atom is 0.169 e. The summed E-state index contributed by atoms with van der Waals surface area (Å²) in [5.41, 5.74) is 5.99. The highest BCUT2D eigenvalue weighted by atomic mass is 16.5. The van der Waals surface area contributed by atoms with E-state index in [-0.39, 0.29) is 11.6 Å². The van der Waals surface area contributed by atoms with Crippen molar-refractivity contribution in [3.8, 4) is 5.75 Å². The number of nitrogens with one attached hydrogen (secondary N) is 1. The van der Waals surface area contributed by atoms with Crippen LogP contribution in [-0.4, -0.2) is 23.2 Å². The van der Waals surface area contributed by atoms with Gasteiger partial charge >= 0.3 is 0 Å². The van der Waals surface area contributed by atoms with Crippen LogP contribution >= 0.6 is 0 Å². The summed E-state index contributed by atoms with van der Waals surface area (Å²) in [7, 11) is 0. The second-order valence-corrected chi connectivity index (χ2v) is 5.69. The van der Waals surface area contributed by atoms with Crippen molar-refractivity contribution in [2.45, 2.75) is 57.6 Å². The lowest BCUT2D eigenvalue weighted by Crippen LogP contribution is -2.47. The van der Waals surface area contributed by atoms with Crippen LogP contribution < -0.4 is 15.8 Å².